The summed E-state index contributed by atoms with van der Waals surface area (Å²) in [5.41, 5.74) is 0.647. The molecule has 0 aromatic carbocycles. The Hall–Kier alpha value is -0.0400. The molecule has 1 unspecified atom stereocenters. The quantitative estimate of drug-likeness (QED) is 0.727. The van der Waals surface area contributed by atoms with Crippen LogP contribution in [0.2, 0.25) is 0 Å². The fourth-order valence-electron chi connectivity index (χ4n) is 2.61. The number of rotatable bonds is 4. The summed E-state index contributed by atoms with van der Waals surface area (Å²) in [6, 6.07) is 0.846. The van der Waals surface area contributed by atoms with Gasteiger partial charge in [-0.25, -0.2) is 0 Å². The van der Waals surface area contributed by atoms with Gasteiger partial charge in [0.25, 0.3) is 0 Å². The van der Waals surface area contributed by atoms with Crippen molar-refractivity contribution in [2.24, 2.45) is 23.2 Å². The summed E-state index contributed by atoms with van der Waals surface area (Å²) >= 11 is 0. The lowest BCUT2D eigenvalue weighted by Crippen LogP contribution is -2.43. The Kier molecular flexibility index (Phi) is 2.63. The second kappa shape index (κ2) is 3.52. The Bertz CT molecular complexity index is 201. The molecule has 0 bridgehead atoms. The first-order valence-electron chi connectivity index (χ1n) is 6.22. The molecule has 0 aromatic rings. The molecule has 0 saturated heterocycles. The average Bonchev–Trinajstić information content (AvgIpc) is 2.54. The summed E-state index contributed by atoms with van der Waals surface area (Å²) in [6.45, 7) is 10.7. The minimum absolute atomic E-state index is 0.647. The van der Waals surface area contributed by atoms with Gasteiger partial charge in [0.1, 0.15) is 0 Å². The van der Waals surface area contributed by atoms with Crippen LogP contribution >= 0.6 is 0 Å². The molecule has 2 aliphatic carbocycles. The van der Waals surface area contributed by atoms with Crippen molar-refractivity contribution in [2.75, 3.05) is 6.54 Å². The lowest BCUT2D eigenvalue weighted by atomic mass is 9.73. The van der Waals surface area contributed by atoms with Gasteiger partial charge in [-0.05, 0) is 49.0 Å². The van der Waals surface area contributed by atoms with Crippen molar-refractivity contribution < 1.29 is 0 Å². The van der Waals surface area contributed by atoms with Gasteiger partial charge in [-0.2, -0.15) is 0 Å². The highest BCUT2D eigenvalue weighted by Crippen LogP contribution is 2.51. The topological polar surface area (TPSA) is 12.0 Å². The van der Waals surface area contributed by atoms with E-state index in [2.05, 4.69) is 33.0 Å². The molecule has 2 fully saturated rings. The van der Waals surface area contributed by atoms with Gasteiger partial charge in [-0.3, -0.25) is 0 Å². The number of nitrogens with one attached hydrogen (secondary N) is 1. The molecule has 0 heterocycles. The van der Waals surface area contributed by atoms with Crippen LogP contribution in [0.1, 0.15) is 47.0 Å². The third-order valence-electron chi connectivity index (χ3n) is 4.49. The summed E-state index contributed by atoms with van der Waals surface area (Å²) in [7, 11) is 0. The standard InChI is InChI=1S/C13H25N/c1-9(2)10-5-12(6-10)14-8-11-7-13(11,3)4/h9-12,14H,5-8H2,1-4H3. The maximum Gasteiger partial charge on any atom is 0.00726 e. The molecule has 0 amide bonds. The van der Waals surface area contributed by atoms with Gasteiger partial charge in [0, 0.05) is 6.04 Å². The average molecular weight is 195 g/mol. The molecule has 0 spiro atoms. The molecule has 1 N–H and O–H groups in total. The highest BCUT2D eigenvalue weighted by Gasteiger charge is 2.45. The zero-order valence-corrected chi connectivity index (χ0v) is 10.1. The van der Waals surface area contributed by atoms with Gasteiger partial charge in [-0.15, -0.1) is 0 Å². The molecule has 0 radical (unpaired) electrons. The SMILES string of the molecule is CC(C)C1CC(NCC2CC2(C)C)C1. The van der Waals surface area contributed by atoms with Gasteiger partial charge in [0.2, 0.25) is 0 Å². The van der Waals surface area contributed by atoms with Crippen molar-refractivity contribution in [2.45, 2.75) is 53.0 Å². The first-order chi connectivity index (χ1) is 6.49. The Labute approximate surface area is 88.7 Å². The molecule has 14 heavy (non-hydrogen) atoms. The highest BCUT2D eigenvalue weighted by atomic mass is 14.9. The second-order valence-corrected chi connectivity index (χ2v) is 6.47. The van der Waals surface area contributed by atoms with E-state index in [4.69, 9.17) is 0 Å². The van der Waals surface area contributed by atoms with E-state index >= 15 is 0 Å². The predicted octanol–water partition coefficient (Wildman–Crippen LogP) is 3.06. The van der Waals surface area contributed by atoms with Crippen LogP contribution in [0.15, 0.2) is 0 Å². The van der Waals surface area contributed by atoms with E-state index in [-0.39, 0.29) is 0 Å². The zero-order chi connectivity index (χ0) is 10.3. The van der Waals surface area contributed by atoms with Gasteiger partial charge in [0.15, 0.2) is 0 Å². The fraction of sp³-hybridized carbons (Fsp3) is 1.00. The van der Waals surface area contributed by atoms with Gasteiger partial charge in [-0.1, -0.05) is 27.7 Å². The third kappa shape index (κ3) is 2.13. The van der Waals surface area contributed by atoms with Gasteiger partial charge < -0.3 is 5.32 Å². The molecule has 2 aliphatic rings. The minimum atomic E-state index is 0.647. The minimum Gasteiger partial charge on any atom is -0.314 e. The van der Waals surface area contributed by atoms with E-state index in [1.165, 1.54) is 25.8 Å². The summed E-state index contributed by atoms with van der Waals surface area (Å²) in [6.07, 6.45) is 4.27. The van der Waals surface area contributed by atoms with Crippen molar-refractivity contribution in [3.63, 3.8) is 0 Å². The van der Waals surface area contributed by atoms with E-state index in [0.717, 1.165) is 23.8 Å². The van der Waals surface area contributed by atoms with Crippen molar-refractivity contribution in [1.82, 2.24) is 5.32 Å². The number of hydrogen-bond donors (Lipinski definition) is 1. The molecule has 1 atom stereocenters. The fourth-order valence-corrected chi connectivity index (χ4v) is 2.61. The summed E-state index contributed by atoms with van der Waals surface area (Å²) in [5.74, 6) is 2.85. The van der Waals surface area contributed by atoms with Crippen molar-refractivity contribution in [1.29, 1.82) is 0 Å². The lowest BCUT2D eigenvalue weighted by molar-refractivity contribution is 0.166. The van der Waals surface area contributed by atoms with Crippen LogP contribution in [0.5, 0.6) is 0 Å². The van der Waals surface area contributed by atoms with E-state index in [9.17, 15) is 0 Å². The van der Waals surface area contributed by atoms with Gasteiger partial charge >= 0.3 is 0 Å². The summed E-state index contributed by atoms with van der Waals surface area (Å²) in [5, 5.41) is 3.72. The van der Waals surface area contributed by atoms with Crippen LogP contribution in [0.4, 0.5) is 0 Å². The maximum absolute atomic E-state index is 3.72. The molecular weight excluding hydrogens is 170 g/mol. The van der Waals surface area contributed by atoms with Crippen LogP contribution in [-0.4, -0.2) is 12.6 Å². The first-order valence-corrected chi connectivity index (χ1v) is 6.22. The molecule has 1 nitrogen and oxygen atoms in total. The van der Waals surface area contributed by atoms with E-state index < -0.39 is 0 Å². The van der Waals surface area contributed by atoms with E-state index in [1.54, 1.807) is 0 Å². The summed E-state index contributed by atoms with van der Waals surface area (Å²) in [4.78, 5) is 0. The van der Waals surface area contributed by atoms with Crippen LogP contribution in [-0.2, 0) is 0 Å². The summed E-state index contributed by atoms with van der Waals surface area (Å²) < 4.78 is 0. The molecule has 2 saturated carbocycles. The largest absolute Gasteiger partial charge is 0.314 e. The van der Waals surface area contributed by atoms with E-state index in [0.29, 0.717) is 5.41 Å². The van der Waals surface area contributed by atoms with Crippen molar-refractivity contribution >= 4 is 0 Å². The van der Waals surface area contributed by atoms with Crippen LogP contribution in [0.25, 0.3) is 0 Å². The molecule has 0 aromatic heterocycles. The smallest absolute Gasteiger partial charge is 0.00726 e. The monoisotopic (exact) mass is 195 g/mol. The predicted molar refractivity (Wildman–Crippen MR) is 61.2 cm³/mol. The molecular formula is C13H25N. The molecule has 2 rings (SSSR count). The Morgan fingerprint density at radius 2 is 1.86 bits per heavy atom. The Morgan fingerprint density at radius 1 is 1.29 bits per heavy atom. The van der Waals surface area contributed by atoms with Crippen molar-refractivity contribution in [3.05, 3.63) is 0 Å². The van der Waals surface area contributed by atoms with Crippen LogP contribution < -0.4 is 5.32 Å². The normalized spacial score (nSPS) is 39.6. The molecule has 1 heteroatoms. The van der Waals surface area contributed by atoms with E-state index in [1.807, 2.05) is 0 Å². The third-order valence-corrected chi connectivity index (χ3v) is 4.49. The van der Waals surface area contributed by atoms with Crippen LogP contribution in [0.3, 0.4) is 0 Å². The molecule has 82 valence electrons. The van der Waals surface area contributed by atoms with Gasteiger partial charge in [0.05, 0.1) is 0 Å². The van der Waals surface area contributed by atoms with Crippen LogP contribution in [0, 0.1) is 23.2 Å². The molecule has 0 aliphatic heterocycles. The Balaban J connectivity index is 1.57. The lowest BCUT2D eigenvalue weighted by Gasteiger charge is -2.38. The first kappa shape index (κ1) is 10.5. The zero-order valence-electron chi connectivity index (χ0n) is 10.1. The highest BCUT2D eigenvalue weighted by molar-refractivity contribution is 4.97. The number of hydrogen-bond acceptors (Lipinski definition) is 1. The maximum atomic E-state index is 3.72. The Morgan fingerprint density at radius 3 is 2.29 bits per heavy atom. The van der Waals surface area contributed by atoms with Crippen molar-refractivity contribution in [3.8, 4) is 0 Å². The second-order valence-electron chi connectivity index (χ2n) is 6.47.